The molecule has 0 radical (unpaired) electrons. The van der Waals surface area contributed by atoms with Crippen LogP contribution in [-0.2, 0) is 16.1 Å². The van der Waals surface area contributed by atoms with Crippen molar-refractivity contribution < 1.29 is 14.7 Å². The molecule has 0 spiro atoms. The number of hydrogen-bond acceptors (Lipinski definition) is 3. The number of rotatable bonds is 4. The van der Waals surface area contributed by atoms with E-state index in [2.05, 4.69) is 5.10 Å². The number of carboxylic acid groups (broad SMARTS) is 1. The second kappa shape index (κ2) is 5.66. The van der Waals surface area contributed by atoms with E-state index in [1.807, 2.05) is 0 Å². The molecular formula is C12H17N3O3. The molecule has 1 N–H and O–H groups in total. The predicted molar refractivity (Wildman–Crippen MR) is 63.8 cm³/mol. The maximum atomic E-state index is 12.0. The Bertz CT molecular complexity index is 416. The summed E-state index contributed by atoms with van der Waals surface area (Å²) < 4.78 is 1.68. The first-order valence-electron chi connectivity index (χ1n) is 6.18. The Balaban J connectivity index is 1.92. The number of aromatic nitrogens is 2. The van der Waals surface area contributed by atoms with Gasteiger partial charge in [0.15, 0.2) is 0 Å². The molecule has 1 aliphatic heterocycles. The van der Waals surface area contributed by atoms with Crippen LogP contribution in [0.1, 0.15) is 25.7 Å². The SMILES string of the molecule is O=C(O)[C@@H]1CCCCN1C(=O)CCn1cccn1. The van der Waals surface area contributed by atoms with Crippen molar-refractivity contribution in [1.82, 2.24) is 14.7 Å². The van der Waals surface area contributed by atoms with Crippen LogP contribution in [-0.4, -0.2) is 44.3 Å². The van der Waals surface area contributed by atoms with E-state index >= 15 is 0 Å². The molecule has 1 saturated heterocycles. The molecule has 18 heavy (non-hydrogen) atoms. The normalized spacial score (nSPS) is 19.8. The van der Waals surface area contributed by atoms with Crippen LogP contribution in [0.5, 0.6) is 0 Å². The van der Waals surface area contributed by atoms with Crippen molar-refractivity contribution in [3.8, 4) is 0 Å². The highest BCUT2D eigenvalue weighted by molar-refractivity contribution is 5.83. The smallest absolute Gasteiger partial charge is 0.326 e. The van der Waals surface area contributed by atoms with Crippen LogP contribution >= 0.6 is 0 Å². The standard InChI is InChI=1S/C12H17N3O3/c16-11(5-9-14-7-3-6-13-14)15-8-2-1-4-10(15)12(17)18/h3,6-7,10H,1-2,4-5,8-9H2,(H,17,18)/t10-/m0/s1. The maximum Gasteiger partial charge on any atom is 0.326 e. The van der Waals surface area contributed by atoms with Gasteiger partial charge in [0.1, 0.15) is 6.04 Å². The summed E-state index contributed by atoms with van der Waals surface area (Å²) in [6.07, 6.45) is 6.06. The topological polar surface area (TPSA) is 75.4 Å². The first kappa shape index (κ1) is 12.6. The van der Waals surface area contributed by atoms with E-state index in [0.717, 1.165) is 12.8 Å². The van der Waals surface area contributed by atoms with Gasteiger partial charge >= 0.3 is 5.97 Å². The lowest BCUT2D eigenvalue weighted by molar-refractivity contribution is -0.152. The fraction of sp³-hybridized carbons (Fsp3) is 0.583. The van der Waals surface area contributed by atoms with Crippen molar-refractivity contribution in [2.75, 3.05) is 6.54 Å². The highest BCUT2D eigenvalue weighted by atomic mass is 16.4. The number of carbonyl (C=O) groups is 2. The molecule has 2 rings (SSSR count). The Kier molecular flexibility index (Phi) is 3.96. The number of aryl methyl sites for hydroxylation is 1. The number of nitrogens with zero attached hydrogens (tertiary/aromatic N) is 3. The first-order chi connectivity index (χ1) is 8.68. The Morgan fingerprint density at radius 3 is 2.89 bits per heavy atom. The molecule has 2 heterocycles. The zero-order valence-corrected chi connectivity index (χ0v) is 10.2. The number of piperidine rings is 1. The van der Waals surface area contributed by atoms with Gasteiger partial charge in [0.05, 0.1) is 0 Å². The summed E-state index contributed by atoms with van der Waals surface area (Å²) in [7, 11) is 0. The summed E-state index contributed by atoms with van der Waals surface area (Å²) in [5.74, 6) is -1.00. The summed E-state index contributed by atoms with van der Waals surface area (Å²) in [6.45, 7) is 1.05. The highest BCUT2D eigenvalue weighted by Gasteiger charge is 2.31. The van der Waals surface area contributed by atoms with Crippen LogP contribution in [0.4, 0.5) is 0 Å². The molecule has 0 aliphatic carbocycles. The molecule has 1 fully saturated rings. The summed E-state index contributed by atoms with van der Waals surface area (Å²) in [6, 6.07) is 1.15. The second-order valence-electron chi connectivity index (χ2n) is 4.46. The zero-order chi connectivity index (χ0) is 13.0. The summed E-state index contributed by atoms with van der Waals surface area (Å²) >= 11 is 0. The molecule has 1 aromatic heterocycles. The van der Waals surface area contributed by atoms with Crippen molar-refractivity contribution in [3.05, 3.63) is 18.5 Å². The number of amides is 1. The van der Waals surface area contributed by atoms with Crippen LogP contribution < -0.4 is 0 Å². The van der Waals surface area contributed by atoms with Gasteiger partial charge in [-0.05, 0) is 25.3 Å². The number of aliphatic carboxylic acids is 1. The molecule has 1 amide bonds. The molecule has 0 unspecified atom stereocenters. The zero-order valence-electron chi connectivity index (χ0n) is 10.2. The Morgan fingerprint density at radius 1 is 1.39 bits per heavy atom. The van der Waals surface area contributed by atoms with E-state index in [9.17, 15) is 9.59 Å². The van der Waals surface area contributed by atoms with E-state index in [4.69, 9.17) is 5.11 Å². The van der Waals surface area contributed by atoms with Gasteiger partial charge in [-0.3, -0.25) is 9.48 Å². The number of carboxylic acids is 1. The minimum atomic E-state index is -0.901. The van der Waals surface area contributed by atoms with Crippen LogP contribution in [0.25, 0.3) is 0 Å². The molecule has 0 bridgehead atoms. The predicted octanol–water partition coefficient (Wildman–Crippen LogP) is 0.739. The average Bonchev–Trinajstić information content (AvgIpc) is 2.89. The highest BCUT2D eigenvalue weighted by Crippen LogP contribution is 2.18. The average molecular weight is 251 g/mol. The molecule has 6 heteroatoms. The maximum absolute atomic E-state index is 12.0. The molecular weight excluding hydrogens is 234 g/mol. The van der Waals surface area contributed by atoms with Crippen molar-refractivity contribution in [1.29, 1.82) is 0 Å². The summed E-state index contributed by atoms with van der Waals surface area (Å²) in [5, 5.41) is 13.1. The van der Waals surface area contributed by atoms with Crippen LogP contribution in [0, 0.1) is 0 Å². The van der Waals surface area contributed by atoms with Gasteiger partial charge in [0.2, 0.25) is 5.91 Å². The number of carbonyl (C=O) groups excluding carboxylic acids is 1. The van der Waals surface area contributed by atoms with Gasteiger partial charge in [0, 0.05) is 31.9 Å². The van der Waals surface area contributed by atoms with Gasteiger partial charge in [-0.2, -0.15) is 5.10 Å². The van der Waals surface area contributed by atoms with E-state index in [1.165, 1.54) is 4.90 Å². The third-order valence-electron chi connectivity index (χ3n) is 3.22. The van der Waals surface area contributed by atoms with Gasteiger partial charge in [-0.1, -0.05) is 0 Å². The minimum Gasteiger partial charge on any atom is -0.480 e. The lowest BCUT2D eigenvalue weighted by Gasteiger charge is -2.33. The van der Waals surface area contributed by atoms with Crippen LogP contribution in [0.15, 0.2) is 18.5 Å². The molecule has 0 saturated carbocycles. The third-order valence-corrected chi connectivity index (χ3v) is 3.22. The minimum absolute atomic E-state index is 0.0994. The Morgan fingerprint density at radius 2 is 2.22 bits per heavy atom. The van der Waals surface area contributed by atoms with E-state index < -0.39 is 12.0 Å². The summed E-state index contributed by atoms with van der Waals surface area (Å²) in [5.41, 5.74) is 0. The van der Waals surface area contributed by atoms with E-state index in [1.54, 1.807) is 23.1 Å². The fourth-order valence-electron chi connectivity index (χ4n) is 2.27. The van der Waals surface area contributed by atoms with Crippen molar-refractivity contribution >= 4 is 11.9 Å². The van der Waals surface area contributed by atoms with Gasteiger partial charge in [0.25, 0.3) is 0 Å². The molecule has 6 nitrogen and oxygen atoms in total. The van der Waals surface area contributed by atoms with Crippen LogP contribution in [0.2, 0.25) is 0 Å². The van der Waals surface area contributed by atoms with Crippen molar-refractivity contribution in [2.45, 2.75) is 38.3 Å². The van der Waals surface area contributed by atoms with Gasteiger partial charge in [-0.25, -0.2) is 4.79 Å². The molecule has 1 aromatic rings. The van der Waals surface area contributed by atoms with E-state index in [-0.39, 0.29) is 5.91 Å². The number of likely N-dealkylation sites (tertiary alicyclic amines) is 1. The lowest BCUT2D eigenvalue weighted by Crippen LogP contribution is -2.48. The lowest BCUT2D eigenvalue weighted by atomic mass is 10.0. The molecule has 1 aliphatic rings. The molecule has 1 atom stereocenters. The van der Waals surface area contributed by atoms with Crippen molar-refractivity contribution in [3.63, 3.8) is 0 Å². The largest absolute Gasteiger partial charge is 0.480 e. The Labute approximate surface area is 105 Å². The first-order valence-corrected chi connectivity index (χ1v) is 6.18. The molecule has 98 valence electrons. The van der Waals surface area contributed by atoms with Crippen molar-refractivity contribution in [2.24, 2.45) is 0 Å². The second-order valence-corrected chi connectivity index (χ2v) is 4.46. The van der Waals surface area contributed by atoms with Gasteiger partial charge in [-0.15, -0.1) is 0 Å². The van der Waals surface area contributed by atoms with E-state index in [0.29, 0.717) is 25.9 Å². The monoisotopic (exact) mass is 251 g/mol. The van der Waals surface area contributed by atoms with Gasteiger partial charge < -0.3 is 10.0 Å². The Hall–Kier alpha value is -1.85. The quantitative estimate of drug-likeness (QED) is 0.856. The van der Waals surface area contributed by atoms with Crippen LogP contribution in [0.3, 0.4) is 0 Å². The summed E-state index contributed by atoms with van der Waals surface area (Å²) in [4.78, 5) is 24.6. The fourth-order valence-corrected chi connectivity index (χ4v) is 2.27. The third kappa shape index (κ3) is 2.88. The number of hydrogen-bond donors (Lipinski definition) is 1. The molecule has 0 aromatic carbocycles.